The van der Waals surface area contributed by atoms with Crippen LogP contribution in [0.4, 0.5) is 5.69 Å². The predicted molar refractivity (Wildman–Crippen MR) is 165 cm³/mol. The Kier molecular flexibility index (Phi) is 11.6. The summed E-state index contributed by atoms with van der Waals surface area (Å²) in [5, 5.41) is 3.33. The first-order valence-corrected chi connectivity index (χ1v) is 16.1. The average molecular weight is 649 g/mol. The lowest BCUT2D eigenvalue weighted by atomic mass is 10.0. The van der Waals surface area contributed by atoms with Crippen LogP contribution in [-0.2, 0) is 32.6 Å². The van der Waals surface area contributed by atoms with Crippen LogP contribution in [0.15, 0.2) is 77.3 Å². The fourth-order valence-electron chi connectivity index (χ4n) is 4.29. The number of amides is 2. The van der Waals surface area contributed by atoms with Crippen LogP contribution >= 0.6 is 27.5 Å². The molecule has 0 spiro atoms. The number of hydrogen-bond acceptors (Lipinski definition) is 4. The van der Waals surface area contributed by atoms with Gasteiger partial charge in [0.2, 0.25) is 21.8 Å². The second-order valence-corrected chi connectivity index (χ2v) is 13.0. The highest BCUT2D eigenvalue weighted by Crippen LogP contribution is 2.27. The van der Waals surface area contributed by atoms with E-state index in [4.69, 9.17) is 11.6 Å². The molecular formula is C30H35BrClN3O4S. The van der Waals surface area contributed by atoms with Crippen LogP contribution < -0.4 is 9.62 Å². The van der Waals surface area contributed by atoms with Gasteiger partial charge in [-0.2, -0.15) is 0 Å². The molecule has 3 aromatic carbocycles. The molecule has 10 heteroatoms. The molecule has 0 radical (unpaired) electrons. The molecule has 0 heterocycles. The SMILES string of the molecule is CCCCNC(=O)[C@@H](Cc1ccccc1)N(Cc1ccc(Br)cc1)C(=O)CN(c1cc(Cl)ccc1C)S(C)(=O)=O. The molecular weight excluding hydrogens is 614 g/mol. The lowest BCUT2D eigenvalue weighted by Gasteiger charge is -2.34. The number of halogens is 2. The molecule has 1 N–H and O–H groups in total. The lowest BCUT2D eigenvalue weighted by Crippen LogP contribution is -2.53. The molecule has 0 bridgehead atoms. The van der Waals surface area contributed by atoms with Gasteiger partial charge in [-0.1, -0.05) is 89.4 Å². The molecule has 3 rings (SSSR count). The number of aryl methyl sites for hydroxylation is 1. The van der Waals surface area contributed by atoms with Crippen molar-refractivity contribution in [1.82, 2.24) is 10.2 Å². The van der Waals surface area contributed by atoms with Crippen molar-refractivity contribution in [2.75, 3.05) is 23.7 Å². The molecule has 0 saturated carbocycles. The number of anilines is 1. The van der Waals surface area contributed by atoms with Crippen molar-refractivity contribution in [3.05, 3.63) is 99.0 Å². The zero-order valence-electron chi connectivity index (χ0n) is 22.9. The summed E-state index contributed by atoms with van der Waals surface area (Å²) in [6.45, 7) is 3.92. The molecule has 0 aliphatic carbocycles. The van der Waals surface area contributed by atoms with Crippen LogP contribution in [0.3, 0.4) is 0 Å². The Morgan fingerprint density at radius 2 is 1.68 bits per heavy atom. The van der Waals surface area contributed by atoms with E-state index < -0.39 is 28.5 Å². The number of sulfonamides is 1. The predicted octanol–water partition coefficient (Wildman–Crippen LogP) is 5.73. The first kappa shape index (κ1) is 31.6. The van der Waals surface area contributed by atoms with E-state index in [1.165, 1.54) is 11.0 Å². The Morgan fingerprint density at radius 1 is 1.00 bits per heavy atom. The summed E-state index contributed by atoms with van der Waals surface area (Å²) in [6.07, 6.45) is 3.04. The number of hydrogen-bond donors (Lipinski definition) is 1. The number of benzene rings is 3. The van der Waals surface area contributed by atoms with Gasteiger partial charge in [-0.15, -0.1) is 0 Å². The molecule has 2 amide bonds. The third-order valence-corrected chi connectivity index (χ3v) is 8.38. The third kappa shape index (κ3) is 9.08. The van der Waals surface area contributed by atoms with E-state index in [0.29, 0.717) is 22.8 Å². The zero-order valence-corrected chi connectivity index (χ0v) is 26.1. The van der Waals surface area contributed by atoms with Crippen molar-refractivity contribution in [2.24, 2.45) is 0 Å². The second kappa shape index (κ2) is 14.7. The summed E-state index contributed by atoms with van der Waals surface area (Å²) in [5.74, 6) is -0.785. The van der Waals surface area contributed by atoms with Gasteiger partial charge in [0.25, 0.3) is 0 Å². The molecule has 7 nitrogen and oxygen atoms in total. The number of nitrogens with zero attached hydrogens (tertiary/aromatic N) is 2. The number of carbonyl (C=O) groups is 2. The topological polar surface area (TPSA) is 86.8 Å². The molecule has 1 atom stereocenters. The Hall–Kier alpha value is -2.88. The number of carbonyl (C=O) groups excluding carboxylic acids is 2. The largest absolute Gasteiger partial charge is 0.354 e. The van der Waals surface area contributed by atoms with E-state index in [1.54, 1.807) is 19.1 Å². The third-order valence-electron chi connectivity index (χ3n) is 6.49. The lowest BCUT2D eigenvalue weighted by molar-refractivity contribution is -0.140. The molecule has 0 saturated heterocycles. The van der Waals surface area contributed by atoms with E-state index in [9.17, 15) is 18.0 Å². The van der Waals surface area contributed by atoms with Crippen LogP contribution in [0, 0.1) is 6.92 Å². The molecule has 0 aliphatic rings. The van der Waals surface area contributed by atoms with Crippen LogP contribution in [0.1, 0.15) is 36.5 Å². The maximum Gasteiger partial charge on any atom is 0.244 e. The van der Waals surface area contributed by atoms with Gasteiger partial charge in [0.1, 0.15) is 12.6 Å². The maximum absolute atomic E-state index is 14.1. The summed E-state index contributed by atoms with van der Waals surface area (Å²) in [4.78, 5) is 29.2. The van der Waals surface area contributed by atoms with Crippen molar-refractivity contribution < 1.29 is 18.0 Å². The molecule has 0 aliphatic heterocycles. The van der Waals surface area contributed by atoms with Gasteiger partial charge in [0.05, 0.1) is 11.9 Å². The van der Waals surface area contributed by atoms with E-state index >= 15 is 0 Å². The summed E-state index contributed by atoms with van der Waals surface area (Å²) in [5.41, 5.74) is 2.66. The standard InChI is InChI=1S/C30H35BrClN3O4S/c1-4-5-17-33-30(37)28(18-23-9-7-6-8-10-23)34(20-24-12-14-25(31)15-13-24)29(36)21-35(40(3,38)39)27-19-26(32)16-11-22(27)2/h6-16,19,28H,4-5,17-18,20-21H2,1-3H3,(H,33,37)/t28-/m1/s1. The first-order chi connectivity index (χ1) is 19.0. The van der Waals surface area contributed by atoms with Gasteiger partial charge in [0, 0.05) is 29.0 Å². The number of unbranched alkanes of at least 4 members (excludes halogenated alkanes) is 1. The Labute approximate surface area is 250 Å². The minimum atomic E-state index is -3.87. The molecule has 40 heavy (non-hydrogen) atoms. The molecule has 0 aromatic heterocycles. The summed E-state index contributed by atoms with van der Waals surface area (Å²) < 4.78 is 27.8. The monoisotopic (exact) mass is 647 g/mol. The van der Waals surface area contributed by atoms with E-state index in [0.717, 1.165) is 39.0 Å². The molecule has 3 aromatic rings. The fraction of sp³-hybridized carbons (Fsp3) is 0.333. The Balaban J connectivity index is 2.05. The average Bonchev–Trinajstić information content (AvgIpc) is 2.91. The highest BCUT2D eigenvalue weighted by atomic mass is 79.9. The first-order valence-electron chi connectivity index (χ1n) is 13.1. The molecule has 0 fully saturated rings. The molecule has 0 unspecified atom stereocenters. The van der Waals surface area contributed by atoms with E-state index in [2.05, 4.69) is 21.2 Å². The van der Waals surface area contributed by atoms with Crippen LogP contribution in [0.2, 0.25) is 5.02 Å². The van der Waals surface area contributed by atoms with E-state index in [1.807, 2.05) is 61.5 Å². The van der Waals surface area contributed by atoms with Crippen molar-refractivity contribution >= 4 is 55.1 Å². The van der Waals surface area contributed by atoms with Crippen LogP contribution in [0.5, 0.6) is 0 Å². The van der Waals surface area contributed by atoms with Gasteiger partial charge < -0.3 is 10.2 Å². The smallest absolute Gasteiger partial charge is 0.244 e. The van der Waals surface area contributed by atoms with Crippen molar-refractivity contribution in [2.45, 2.75) is 45.7 Å². The quantitative estimate of drug-likeness (QED) is 0.240. The van der Waals surface area contributed by atoms with Crippen molar-refractivity contribution in [1.29, 1.82) is 0 Å². The maximum atomic E-state index is 14.1. The van der Waals surface area contributed by atoms with Gasteiger partial charge in [-0.3, -0.25) is 13.9 Å². The minimum absolute atomic E-state index is 0.122. The van der Waals surface area contributed by atoms with Crippen LogP contribution in [-0.4, -0.2) is 50.5 Å². The van der Waals surface area contributed by atoms with Crippen molar-refractivity contribution in [3.8, 4) is 0 Å². The minimum Gasteiger partial charge on any atom is -0.354 e. The second-order valence-electron chi connectivity index (χ2n) is 9.70. The zero-order chi connectivity index (χ0) is 29.3. The van der Waals surface area contributed by atoms with Gasteiger partial charge >= 0.3 is 0 Å². The fourth-order valence-corrected chi connectivity index (χ4v) is 5.62. The summed E-state index contributed by atoms with van der Waals surface area (Å²) >= 11 is 9.64. The Bertz CT molecular complexity index is 1400. The van der Waals surface area contributed by atoms with E-state index in [-0.39, 0.29) is 18.9 Å². The van der Waals surface area contributed by atoms with Gasteiger partial charge in [-0.25, -0.2) is 8.42 Å². The molecule has 214 valence electrons. The highest BCUT2D eigenvalue weighted by Gasteiger charge is 2.33. The Morgan fingerprint density at radius 3 is 2.30 bits per heavy atom. The van der Waals surface area contributed by atoms with Gasteiger partial charge in [0.15, 0.2) is 0 Å². The summed E-state index contributed by atoms with van der Waals surface area (Å²) in [6, 6.07) is 21.0. The van der Waals surface area contributed by atoms with Crippen molar-refractivity contribution in [3.63, 3.8) is 0 Å². The van der Waals surface area contributed by atoms with Crippen LogP contribution in [0.25, 0.3) is 0 Å². The number of nitrogens with one attached hydrogen (secondary N) is 1. The highest BCUT2D eigenvalue weighted by molar-refractivity contribution is 9.10. The van der Waals surface area contributed by atoms with Gasteiger partial charge in [-0.05, 0) is 54.3 Å². The normalized spacial score (nSPS) is 12.0. The number of rotatable bonds is 13. The summed E-state index contributed by atoms with van der Waals surface area (Å²) in [7, 11) is -3.87.